The first-order valence-electron chi connectivity index (χ1n) is 5.78. The average Bonchev–Trinajstić information content (AvgIpc) is 2.28. The second kappa shape index (κ2) is 5.63. The molecule has 1 aromatic rings. The van der Waals surface area contributed by atoms with Crippen molar-refractivity contribution in [2.75, 3.05) is 12.8 Å². The monoisotopic (exact) mass is 347 g/mol. The van der Waals surface area contributed by atoms with Crippen molar-refractivity contribution >= 4 is 31.7 Å². The van der Waals surface area contributed by atoms with Gasteiger partial charge in [-0.25, -0.2) is 8.42 Å². The molecular weight excluding hydrogens is 330 g/mol. The maximum atomic E-state index is 12.0. The lowest BCUT2D eigenvalue weighted by Gasteiger charge is -2.22. The smallest absolute Gasteiger partial charge is 0.251 e. The van der Waals surface area contributed by atoms with Gasteiger partial charge in [-0.1, -0.05) is 22.0 Å². The molecule has 0 aromatic heterocycles. The SMILES string of the molecule is Cc1ccc(C(=O)NCC(C)(C)S(C)(=O)=O)cc1Br. The molecule has 0 unspecified atom stereocenters. The summed E-state index contributed by atoms with van der Waals surface area (Å²) in [6.07, 6.45) is 1.17. The van der Waals surface area contributed by atoms with E-state index in [9.17, 15) is 13.2 Å². The maximum Gasteiger partial charge on any atom is 0.251 e. The van der Waals surface area contributed by atoms with Crippen LogP contribution in [0.15, 0.2) is 22.7 Å². The van der Waals surface area contributed by atoms with Gasteiger partial charge in [-0.05, 0) is 38.5 Å². The molecule has 19 heavy (non-hydrogen) atoms. The lowest BCUT2D eigenvalue weighted by Crippen LogP contribution is -2.43. The van der Waals surface area contributed by atoms with Crippen molar-refractivity contribution in [1.29, 1.82) is 0 Å². The number of benzene rings is 1. The van der Waals surface area contributed by atoms with Gasteiger partial charge in [0.2, 0.25) is 0 Å². The van der Waals surface area contributed by atoms with Gasteiger partial charge < -0.3 is 5.32 Å². The van der Waals surface area contributed by atoms with Crippen molar-refractivity contribution in [2.24, 2.45) is 0 Å². The van der Waals surface area contributed by atoms with Crippen molar-refractivity contribution in [2.45, 2.75) is 25.5 Å². The molecule has 1 aromatic carbocycles. The summed E-state index contributed by atoms with van der Waals surface area (Å²) >= 11 is 3.36. The number of hydrogen-bond donors (Lipinski definition) is 1. The molecule has 0 radical (unpaired) electrons. The highest BCUT2D eigenvalue weighted by Gasteiger charge is 2.30. The number of nitrogens with one attached hydrogen (secondary N) is 1. The Bertz CT molecular complexity index is 594. The van der Waals surface area contributed by atoms with Gasteiger partial charge in [0.15, 0.2) is 9.84 Å². The lowest BCUT2D eigenvalue weighted by molar-refractivity contribution is 0.0950. The van der Waals surface area contributed by atoms with Crippen LogP contribution < -0.4 is 5.32 Å². The van der Waals surface area contributed by atoms with Crippen LogP contribution >= 0.6 is 15.9 Å². The normalized spacial score (nSPS) is 12.3. The van der Waals surface area contributed by atoms with Crippen LogP contribution in [0.3, 0.4) is 0 Å². The standard InChI is InChI=1S/C13H18BrNO3S/c1-9-5-6-10(7-11(9)14)12(16)15-8-13(2,3)19(4,17)18/h5-7H,8H2,1-4H3,(H,15,16). The predicted octanol–water partition coefficient (Wildman–Crippen LogP) is 2.31. The highest BCUT2D eigenvalue weighted by atomic mass is 79.9. The lowest BCUT2D eigenvalue weighted by atomic mass is 10.1. The number of rotatable bonds is 4. The van der Waals surface area contributed by atoms with Crippen LogP contribution in [0.1, 0.15) is 29.8 Å². The van der Waals surface area contributed by atoms with E-state index in [1.165, 1.54) is 6.26 Å². The Morgan fingerprint density at radius 1 is 1.37 bits per heavy atom. The second-order valence-electron chi connectivity index (χ2n) is 5.18. The minimum absolute atomic E-state index is 0.0795. The van der Waals surface area contributed by atoms with Crippen molar-refractivity contribution in [3.8, 4) is 0 Å². The molecule has 4 nitrogen and oxygen atoms in total. The topological polar surface area (TPSA) is 63.2 Å². The predicted molar refractivity (Wildman–Crippen MR) is 80.1 cm³/mol. The molecule has 6 heteroatoms. The van der Waals surface area contributed by atoms with Gasteiger partial charge in [0.05, 0.1) is 4.75 Å². The zero-order valence-electron chi connectivity index (χ0n) is 11.5. The molecule has 0 saturated heterocycles. The van der Waals surface area contributed by atoms with Crippen LogP contribution in [0, 0.1) is 6.92 Å². The van der Waals surface area contributed by atoms with Gasteiger partial charge in [0.1, 0.15) is 0 Å². The Balaban J connectivity index is 2.79. The fraction of sp³-hybridized carbons (Fsp3) is 0.462. The van der Waals surface area contributed by atoms with E-state index in [2.05, 4.69) is 21.2 Å². The molecule has 1 N–H and O–H groups in total. The van der Waals surface area contributed by atoms with Gasteiger partial charge in [0, 0.05) is 22.8 Å². The van der Waals surface area contributed by atoms with Gasteiger partial charge in [-0.15, -0.1) is 0 Å². The largest absolute Gasteiger partial charge is 0.350 e. The van der Waals surface area contributed by atoms with Gasteiger partial charge >= 0.3 is 0 Å². The molecule has 0 spiro atoms. The Morgan fingerprint density at radius 3 is 2.42 bits per heavy atom. The molecule has 0 fully saturated rings. The zero-order chi connectivity index (χ0) is 14.8. The second-order valence-corrected chi connectivity index (χ2v) is 8.68. The number of carbonyl (C=O) groups is 1. The Morgan fingerprint density at radius 2 is 1.95 bits per heavy atom. The summed E-state index contributed by atoms with van der Waals surface area (Å²) in [5, 5.41) is 2.65. The molecule has 0 saturated carbocycles. The van der Waals surface area contributed by atoms with E-state index >= 15 is 0 Å². The van der Waals surface area contributed by atoms with Gasteiger partial charge in [-0.2, -0.15) is 0 Å². The maximum absolute atomic E-state index is 12.0. The minimum Gasteiger partial charge on any atom is -0.350 e. The third-order valence-corrected chi connectivity index (χ3v) is 6.12. The molecule has 0 aliphatic rings. The van der Waals surface area contributed by atoms with Gasteiger partial charge in [0.25, 0.3) is 5.91 Å². The van der Waals surface area contributed by atoms with Crippen LogP contribution in [0.4, 0.5) is 0 Å². The Labute approximate surface area is 122 Å². The molecule has 1 amide bonds. The Kier molecular flexibility index (Phi) is 4.79. The Hall–Kier alpha value is -0.880. The van der Waals surface area contributed by atoms with E-state index in [1.807, 2.05) is 13.0 Å². The molecule has 0 atom stereocenters. The first-order chi connectivity index (χ1) is 8.54. The molecule has 0 heterocycles. The highest BCUT2D eigenvalue weighted by Crippen LogP contribution is 2.18. The van der Waals surface area contributed by atoms with E-state index in [-0.39, 0.29) is 12.5 Å². The summed E-state index contributed by atoms with van der Waals surface area (Å²) in [4.78, 5) is 12.0. The summed E-state index contributed by atoms with van der Waals surface area (Å²) in [6.45, 7) is 5.19. The third-order valence-electron chi connectivity index (χ3n) is 3.11. The molecule has 1 rings (SSSR count). The quantitative estimate of drug-likeness (QED) is 0.908. The highest BCUT2D eigenvalue weighted by molar-refractivity contribution is 9.10. The number of carbonyl (C=O) groups excluding carboxylic acids is 1. The van der Waals surface area contributed by atoms with E-state index in [0.29, 0.717) is 5.56 Å². The molecule has 106 valence electrons. The number of aryl methyl sites for hydroxylation is 1. The van der Waals surface area contributed by atoms with Crippen molar-refractivity contribution < 1.29 is 13.2 Å². The third kappa shape index (κ3) is 4.04. The molecule has 0 aliphatic heterocycles. The summed E-state index contributed by atoms with van der Waals surface area (Å²) in [5.74, 6) is -0.280. The van der Waals surface area contributed by atoms with Crippen molar-refractivity contribution in [3.63, 3.8) is 0 Å². The summed E-state index contributed by atoms with van der Waals surface area (Å²) in [6, 6.07) is 5.27. The minimum atomic E-state index is -3.22. The fourth-order valence-corrected chi connectivity index (χ4v) is 1.97. The fourth-order valence-electron chi connectivity index (χ4n) is 1.26. The molecular formula is C13H18BrNO3S. The van der Waals surface area contributed by atoms with Crippen LogP contribution in [-0.4, -0.2) is 31.9 Å². The van der Waals surface area contributed by atoms with Crippen molar-refractivity contribution in [3.05, 3.63) is 33.8 Å². The van der Waals surface area contributed by atoms with Gasteiger partial charge in [-0.3, -0.25) is 4.79 Å². The van der Waals surface area contributed by atoms with E-state index in [0.717, 1.165) is 10.0 Å². The number of amides is 1. The first kappa shape index (κ1) is 16.2. The van der Waals surface area contributed by atoms with Crippen LogP contribution in [0.5, 0.6) is 0 Å². The summed E-state index contributed by atoms with van der Waals surface area (Å²) in [5.41, 5.74) is 1.54. The number of halogens is 1. The first-order valence-corrected chi connectivity index (χ1v) is 8.47. The number of hydrogen-bond acceptors (Lipinski definition) is 3. The van der Waals surface area contributed by atoms with Crippen LogP contribution in [0.2, 0.25) is 0 Å². The average molecular weight is 348 g/mol. The summed E-state index contributed by atoms with van der Waals surface area (Å²) in [7, 11) is -3.22. The van der Waals surface area contributed by atoms with Crippen molar-refractivity contribution in [1.82, 2.24) is 5.32 Å². The zero-order valence-corrected chi connectivity index (χ0v) is 13.9. The van der Waals surface area contributed by atoms with E-state index in [4.69, 9.17) is 0 Å². The van der Waals surface area contributed by atoms with E-state index in [1.54, 1.807) is 26.0 Å². The number of sulfone groups is 1. The molecule has 0 bridgehead atoms. The molecule has 0 aliphatic carbocycles. The van der Waals surface area contributed by atoms with Crippen LogP contribution in [-0.2, 0) is 9.84 Å². The van der Waals surface area contributed by atoms with Crippen LogP contribution in [0.25, 0.3) is 0 Å². The summed E-state index contributed by atoms with van der Waals surface area (Å²) < 4.78 is 23.0. The van der Waals surface area contributed by atoms with E-state index < -0.39 is 14.6 Å².